The summed E-state index contributed by atoms with van der Waals surface area (Å²) in [6.07, 6.45) is -0.163. The molecule has 0 radical (unpaired) electrons. The molecule has 0 saturated carbocycles. The molecule has 3 N–H and O–H groups in total. The molecule has 4 amide bonds. The predicted octanol–water partition coefficient (Wildman–Crippen LogP) is 1.26. The van der Waals surface area contributed by atoms with Crippen LogP contribution in [0.5, 0.6) is 0 Å². The fraction of sp³-hybridized carbons (Fsp3) is 0.385. The molecule has 0 aromatic heterocycles. The smallest absolute Gasteiger partial charge is 0.243 e. The Balaban J connectivity index is 1.30. The number of halogens is 1. The number of anilines is 3. The lowest BCUT2D eigenvalue weighted by Crippen LogP contribution is -2.60. The van der Waals surface area contributed by atoms with Gasteiger partial charge in [0.2, 0.25) is 23.6 Å². The van der Waals surface area contributed by atoms with Crippen LogP contribution < -0.4 is 20.9 Å². The van der Waals surface area contributed by atoms with E-state index in [0.29, 0.717) is 50.6 Å². The second kappa shape index (κ2) is 11.8. The molecule has 0 aliphatic carbocycles. The maximum Gasteiger partial charge on any atom is 0.243 e. The second-order valence-corrected chi connectivity index (χ2v) is 9.14. The minimum atomic E-state index is -0.889. The van der Waals surface area contributed by atoms with Gasteiger partial charge in [0.1, 0.15) is 11.9 Å². The van der Waals surface area contributed by atoms with E-state index in [2.05, 4.69) is 20.9 Å². The lowest BCUT2D eigenvalue weighted by molar-refractivity contribution is -0.145. The molecule has 2 aliphatic heterocycles. The highest BCUT2D eigenvalue weighted by Gasteiger charge is 2.35. The van der Waals surface area contributed by atoms with Crippen LogP contribution in [-0.4, -0.2) is 85.3 Å². The molecule has 2 aromatic carbocycles. The summed E-state index contributed by atoms with van der Waals surface area (Å²) in [5, 5.41) is 8.14. The van der Waals surface area contributed by atoms with Crippen molar-refractivity contribution in [2.24, 2.45) is 0 Å². The molecule has 2 aliphatic rings. The number of hydrogen-bond donors (Lipinski definition) is 3. The number of carbonyl (C=O) groups is 4. The van der Waals surface area contributed by atoms with Crippen LogP contribution in [0.25, 0.3) is 0 Å². The highest BCUT2D eigenvalue weighted by Crippen LogP contribution is 2.18. The van der Waals surface area contributed by atoms with E-state index in [-0.39, 0.29) is 42.4 Å². The number of amides is 4. The topological polar surface area (TPSA) is 114 Å². The standard InChI is InChI=1S/C26H31FN6O4/c1-18(34)29-20-4-6-21(7-5-20)30-24(35)16-23-26(37)28-10-11-33(23)25(36)17-31-12-14-32(15-13-31)22-8-2-19(27)3-9-22/h2-9,23H,10-17H2,1H3,(H,28,37)(H,29,34)(H,30,35)/t23-/m0/s1. The molecule has 4 rings (SSSR count). The number of benzene rings is 2. The molecule has 2 fully saturated rings. The van der Waals surface area contributed by atoms with Gasteiger partial charge in [-0.25, -0.2) is 4.39 Å². The average Bonchev–Trinajstić information content (AvgIpc) is 2.87. The van der Waals surface area contributed by atoms with Crippen molar-refractivity contribution in [2.45, 2.75) is 19.4 Å². The van der Waals surface area contributed by atoms with Crippen molar-refractivity contribution in [3.63, 3.8) is 0 Å². The number of hydrogen-bond acceptors (Lipinski definition) is 6. The van der Waals surface area contributed by atoms with Crippen molar-refractivity contribution in [3.8, 4) is 0 Å². The van der Waals surface area contributed by atoms with E-state index in [0.717, 1.165) is 5.69 Å². The largest absolute Gasteiger partial charge is 0.369 e. The summed E-state index contributed by atoms with van der Waals surface area (Å²) in [6.45, 7) is 4.96. The van der Waals surface area contributed by atoms with E-state index in [1.807, 2.05) is 4.90 Å². The van der Waals surface area contributed by atoms with Gasteiger partial charge >= 0.3 is 0 Å². The Labute approximate surface area is 214 Å². The van der Waals surface area contributed by atoms with E-state index in [9.17, 15) is 23.6 Å². The van der Waals surface area contributed by atoms with Crippen LogP contribution >= 0.6 is 0 Å². The van der Waals surface area contributed by atoms with Crippen molar-refractivity contribution in [1.82, 2.24) is 15.1 Å². The third-order valence-corrected chi connectivity index (χ3v) is 6.44. The molecule has 196 valence electrons. The van der Waals surface area contributed by atoms with Gasteiger partial charge < -0.3 is 25.8 Å². The Bertz CT molecular complexity index is 1130. The Morgan fingerprint density at radius 2 is 1.54 bits per heavy atom. The summed E-state index contributed by atoms with van der Waals surface area (Å²) in [5.74, 6) is -1.40. The first kappa shape index (κ1) is 26.1. The Morgan fingerprint density at radius 3 is 2.16 bits per heavy atom. The number of carbonyl (C=O) groups excluding carboxylic acids is 4. The van der Waals surface area contributed by atoms with E-state index in [4.69, 9.17) is 0 Å². The Hall–Kier alpha value is -3.99. The summed E-state index contributed by atoms with van der Waals surface area (Å²) < 4.78 is 13.2. The molecule has 1 atom stereocenters. The van der Waals surface area contributed by atoms with Gasteiger partial charge in [0.05, 0.1) is 13.0 Å². The maximum absolute atomic E-state index is 13.2. The van der Waals surface area contributed by atoms with E-state index < -0.39 is 6.04 Å². The van der Waals surface area contributed by atoms with Crippen LogP contribution in [0, 0.1) is 5.82 Å². The normalized spacial score (nSPS) is 18.2. The van der Waals surface area contributed by atoms with E-state index >= 15 is 0 Å². The van der Waals surface area contributed by atoms with Crippen molar-refractivity contribution in [1.29, 1.82) is 0 Å². The molecule has 10 nitrogen and oxygen atoms in total. The van der Waals surface area contributed by atoms with Crippen LogP contribution in [0.15, 0.2) is 48.5 Å². The molecular weight excluding hydrogens is 479 g/mol. The van der Waals surface area contributed by atoms with Crippen molar-refractivity contribution < 1.29 is 23.6 Å². The van der Waals surface area contributed by atoms with Crippen LogP contribution in [0.4, 0.5) is 21.5 Å². The Morgan fingerprint density at radius 1 is 0.919 bits per heavy atom. The van der Waals surface area contributed by atoms with Crippen molar-refractivity contribution in [2.75, 3.05) is 61.3 Å². The lowest BCUT2D eigenvalue weighted by Gasteiger charge is -2.39. The zero-order valence-corrected chi connectivity index (χ0v) is 20.7. The van der Waals surface area contributed by atoms with Crippen LogP contribution in [0.3, 0.4) is 0 Å². The number of rotatable bonds is 7. The third kappa shape index (κ3) is 7.04. The highest BCUT2D eigenvalue weighted by molar-refractivity contribution is 5.98. The number of piperazine rings is 2. The molecule has 0 unspecified atom stereocenters. The first-order chi connectivity index (χ1) is 17.8. The molecular formula is C26H31FN6O4. The van der Waals surface area contributed by atoms with Gasteiger partial charge in [-0.3, -0.25) is 24.1 Å². The van der Waals surface area contributed by atoms with Crippen LogP contribution in [-0.2, 0) is 19.2 Å². The molecule has 37 heavy (non-hydrogen) atoms. The van der Waals surface area contributed by atoms with Gasteiger partial charge in [0.15, 0.2) is 0 Å². The SMILES string of the molecule is CC(=O)Nc1ccc(NC(=O)C[C@H]2C(=O)NCCN2C(=O)CN2CCN(c3ccc(F)cc3)CC2)cc1. The fourth-order valence-electron chi connectivity index (χ4n) is 4.54. The minimum Gasteiger partial charge on any atom is -0.369 e. The number of nitrogens with one attached hydrogen (secondary N) is 3. The van der Waals surface area contributed by atoms with Crippen molar-refractivity contribution in [3.05, 3.63) is 54.3 Å². The van der Waals surface area contributed by atoms with Crippen LogP contribution in [0.2, 0.25) is 0 Å². The number of nitrogens with zero attached hydrogens (tertiary/aromatic N) is 3. The summed E-state index contributed by atoms with van der Waals surface area (Å²) in [5.41, 5.74) is 2.07. The average molecular weight is 511 g/mol. The highest BCUT2D eigenvalue weighted by atomic mass is 19.1. The zero-order valence-electron chi connectivity index (χ0n) is 20.7. The first-order valence-corrected chi connectivity index (χ1v) is 12.3. The summed E-state index contributed by atoms with van der Waals surface area (Å²) in [6, 6.07) is 12.1. The van der Waals surface area contributed by atoms with Gasteiger partial charge in [-0.05, 0) is 48.5 Å². The zero-order chi connectivity index (χ0) is 26.4. The molecule has 0 bridgehead atoms. The summed E-state index contributed by atoms with van der Waals surface area (Å²) in [4.78, 5) is 55.3. The minimum absolute atomic E-state index is 0.160. The van der Waals surface area contributed by atoms with Gasteiger partial charge in [-0.1, -0.05) is 0 Å². The molecule has 11 heteroatoms. The lowest BCUT2D eigenvalue weighted by atomic mass is 10.1. The quantitative estimate of drug-likeness (QED) is 0.517. The monoisotopic (exact) mass is 510 g/mol. The predicted molar refractivity (Wildman–Crippen MR) is 138 cm³/mol. The van der Waals surface area contributed by atoms with Crippen molar-refractivity contribution >= 4 is 40.7 Å². The third-order valence-electron chi connectivity index (χ3n) is 6.44. The van der Waals surface area contributed by atoms with Gasteiger partial charge in [-0.15, -0.1) is 0 Å². The summed E-state index contributed by atoms with van der Waals surface area (Å²) >= 11 is 0. The fourth-order valence-corrected chi connectivity index (χ4v) is 4.54. The molecule has 2 heterocycles. The van der Waals surface area contributed by atoms with Crippen LogP contribution in [0.1, 0.15) is 13.3 Å². The molecule has 2 aromatic rings. The van der Waals surface area contributed by atoms with Gasteiger partial charge in [-0.2, -0.15) is 0 Å². The second-order valence-electron chi connectivity index (χ2n) is 9.14. The molecule has 2 saturated heterocycles. The van der Waals surface area contributed by atoms with E-state index in [1.165, 1.54) is 24.0 Å². The maximum atomic E-state index is 13.2. The molecule has 0 spiro atoms. The van der Waals surface area contributed by atoms with E-state index in [1.54, 1.807) is 36.4 Å². The summed E-state index contributed by atoms with van der Waals surface area (Å²) in [7, 11) is 0. The van der Waals surface area contributed by atoms with Gasteiger partial charge in [0, 0.05) is 63.3 Å². The first-order valence-electron chi connectivity index (χ1n) is 12.3. The Kier molecular flexibility index (Phi) is 8.34. The van der Waals surface area contributed by atoms with Gasteiger partial charge in [0.25, 0.3) is 0 Å².